The average Bonchev–Trinajstić information content (AvgIpc) is 3.21. The fourth-order valence-electron chi connectivity index (χ4n) is 4.78. The predicted octanol–water partition coefficient (Wildman–Crippen LogP) is 7.41. The Morgan fingerprint density at radius 3 is 2.14 bits per heavy atom. The van der Waals surface area contributed by atoms with Crippen LogP contribution in [0.1, 0.15) is 60.9 Å². The third-order valence-corrected chi connectivity index (χ3v) is 7.77. The number of aromatic hydroxyl groups is 3. The lowest BCUT2D eigenvalue weighted by Crippen LogP contribution is -2.17. The van der Waals surface area contributed by atoms with Gasteiger partial charge in [-0.15, -0.1) is 11.3 Å². The topological polar surface area (TPSA) is 87.0 Å². The van der Waals surface area contributed by atoms with Crippen LogP contribution in [-0.4, -0.2) is 27.2 Å². The zero-order valence-electron chi connectivity index (χ0n) is 19.4. The minimum atomic E-state index is -0.224. The molecule has 0 spiro atoms. The van der Waals surface area contributed by atoms with E-state index in [1.165, 1.54) is 49.5 Å². The van der Waals surface area contributed by atoms with Gasteiger partial charge in [0.2, 0.25) is 0 Å². The summed E-state index contributed by atoms with van der Waals surface area (Å²) < 4.78 is 6.83. The van der Waals surface area contributed by atoms with Gasteiger partial charge in [0.05, 0.1) is 11.7 Å². The molecule has 0 aliphatic heterocycles. The number of hydrogen-bond donors (Lipinski definition) is 3. The highest BCUT2D eigenvalue weighted by Gasteiger charge is 2.24. The number of hydrogen-bond acceptors (Lipinski definition) is 6. The van der Waals surface area contributed by atoms with E-state index in [2.05, 4.69) is 0 Å². The Kier molecular flexibility index (Phi) is 6.64. The summed E-state index contributed by atoms with van der Waals surface area (Å²) in [6.07, 6.45) is 8.53. The summed E-state index contributed by atoms with van der Waals surface area (Å²) in [6.45, 7) is 0. The zero-order chi connectivity index (χ0) is 24.4. The highest BCUT2D eigenvalue weighted by atomic mass is 32.1. The molecular formula is C29H28O5S. The number of thiophene rings is 1. The van der Waals surface area contributed by atoms with Gasteiger partial charge in [0.15, 0.2) is 5.78 Å². The molecular weight excluding hydrogens is 460 g/mol. The molecule has 1 fully saturated rings. The molecule has 3 N–H and O–H groups in total. The predicted molar refractivity (Wildman–Crippen MR) is 139 cm³/mol. The molecule has 0 unspecified atom stereocenters. The van der Waals surface area contributed by atoms with E-state index in [9.17, 15) is 20.1 Å². The monoisotopic (exact) mass is 488 g/mol. The molecule has 5 nitrogen and oxygen atoms in total. The van der Waals surface area contributed by atoms with E-state index in [0.717, 1.165) is 24.2 Å². The Hall–Kier alpha value is -3.51. The van der Waals surface area contributed by atoms with Crippen LogP contribution in [-0.2, 0) is 0 Å². The molecule has 1 aliphatic rings. The fourth-order valence-corrected chi connectivity index (χ4v) is 6.04. The van der Waals surface area contributed by atoms with Gasteiger partial charge in [0, 0.05) is 26.6 Å². The smallest absolute Gasteiger partial charge is 0.195 e. The van der Waals surface area contributed by atoms with Crippen LogP contribution in [0.25, 0.3) is 20.5 Å². The van der Waals surface area contributed by atoms with Gasteiger partial charge in [-0.3, -0.25) is 4.79 Å². The van der Waals surface area contributed by atoms with Crippen molar-refractivity contribution in [1.29, 1.82) is 0 Å². The van der Waals surface area contributed by atoms with Gasteiger partial charge in [-0.25, -0.2) is 0 Å². The first-order valence-electron chi connectivity index (χ1n) is 12.1. The Balaban J connectivity index is 1.49. The van der Waals surface area contributed by atoms with E-state index in [4.69, 9.17) is 4.74 Å². The van der Waals surface area contributed by atoms with Gasteiger partial charge >= 0.3 is 0 Å². The third kappa shape index (κ3) is 4.98. The molecule has 0 atom stereocenters. The summed E-state index contributed by atoms with van der Waals surface area (Å²) in [4.78, 5) is 14.4. The third-order valence-electron chi connectivity index (χ3n) is 6.58. The van der Waals surface area contributed by atoms with Gasteiger partial charge < -0.3 is 20.1 Å². The van der Waals surface area contributed by atoms with Gasteiger partial charge in [-0.1, -0.05) is 19.3 Å². The van der Waals surface area contributed by atoms with Crippen molar-refractivity contribution in [3.05, 3.63) is 71.8 Å². The van der Waals surface area contributed by atoms with Crippen molar-refractivity contribution < 1.29 is 24.9 Å². The van der Waals surface area contributed by atoms with Crippen molar-refractivity contribution in [2.75, 3.05) is 0 Å². The zero-order valence-corrected chi connectivity index (χ0v) is 20.2. The van der Waals surface area contributed by atoms with Crippen LogP contribution < -0.4 is 4.74 Å². The van der Waals surface area contributed by atoms with Crippen LogP contribution in [0, 0.1) is 0 Å². The summed E-state index contributed by atoms with van der Waals surface area (Å²) >= 11 is 1.32. The molecule has 180 valence electrons. The molecule has 0 saturated heterocycles. The average molecular weight is 489 g/mol. The Morgan fingerprint density at radius 1 is 0.800 bits per heavy atom. The highest BCUT2D eigenvalue weighted by molar-refractivity contribution is 7.23. The van der Waals surface area contributed by atoms with Gasteiger partial charge in [-0.2, -0.15) is 0 Å². The maximum atomic E-state index is 13.7. The number of phenolic OH excluding ortho intramolecular Hbond substituents is 3. The number of fused-ring (bicyclic) bond motifs is 1. The molecule has 0 amide bonds. The number of ketones is 1. The summed E-state index contributed by atoms with van der Waals surface area (Å²) in [5.41, 5.74) is 1.61. The number of phenols is 3. The molecule has 1 aromatic heterocycles. The molecule has 35 heavy (non-hydrogen) atoms. The lowest BCUT2D eigenvalue weighted by Gasteiger charge is -2.21. The van der Waals surface area contributed by atoms with E-state index in [1.807, 2.05) is 12.1 Å². The summed E-state index contributed by atoms with van der Waals surface area (Å²) in [5, 5.41) is 30.7. The van der Waals surface area contributed by atoms with Crippen LogP contribution >= 0.6 is 11.3 Å². The molecule has 3 aromatic carbocycles. The highest BCUT2D eigenvalue weighted by Crippen LogP contribution is 2.45. The molecule has 0 bridgehead atoms. The van der Waals surface area contributed by atoms with E-state index >= 15 is 0 Å². The molecule has 1 aliphatic carbocycles. The first-order chi connectivity index (χ1) is 17.0. The second-order valence-corrected chi connectivity index (χ2v) is 10.2. The van der Waals surface area contributed by atoms with Crippen LogP contribution in [0.3, 0.4) is 0 Å². The van der Waals surface area contributed by atoms with E-state index in [0.29, 0.717) is 26.1 Å². The number of ether oxygens (including phenoxy) is 1. The number of carbonyl (C=O) groups excluding carboxylic acids is 1. The summed E-state index contributed by atoms with van der Waals surface area (Å²) in [7, 11) is 0. The second-order valence-electron chi connectivity index (χ2n) is 9.13. The minimum Gasteiger partial charge on any atom is -0.508 e. The van der Waals surface area contributed by atoms with E-state index in [1.54, 1.807) is 42.5 Å². The van der Waals surface area contributed by atoms with Crippen molar-refractivity contribution in [2.24, 2.45) is 0 Å². The normalized spacial score (nSPS) is 15.0. The van der Waals surface area contributed by atoms with Crippen molar-refractivity contribution in [2.45, 2.75) is 51.0 Å². The quantitative estimate of drug-likeness (QED) is 0.255. The minimum absolute atomic E-state index is 0.0665. The Labute approximate surface area is 208 Å². The van der Waals surface area contributed by atoms with Crippen molar-refractivity contribution >= 4 is 27.2 Å². The Bertz CT molecular complexity index is 1330. The van der Waals surface area contributed by atoms with Crippen molar-refractivity contribution in [3.63, 3.8) is 0 Å². The lowest BCUT2D eigenvalue weighted by molar-refractivity contribution is 0.104. The van der Waals surface area contributed by atoms with Crippen LogP contribution in [0.5, 0.6) is 23.0 Å². The van der Waals surface area contributed by atoms with Crippen LogP contribution in [0.4, 0.5) is 0 Å². The van der Waals surface area contributed by atoms with Crippen LogP contribution in [0.15, 0.2) is 60.7 Å². The first kappa shape index (κ1) is 23.2. The van der Waals surface area contributed by atoms with E-state index in [-0.39, 0.29) is 29.1 Å². The van der Waals surface area contributed by atoms with Crippen LogP contribution in [0.2, 0.25) is 0 Å². The molecule has 4 aromatic rings. The standard InChI is InChI=1S/C29H28O5S/c30-20-12-8-19(9-13-20)29-27(26-24(32)16-21(31)17-25(26)35-29)28(33)18-10-14-23(15-11-18)34-22-6-4-2-1-3-5-7-22/h8-17,22,30-32H,1-7H2. The Morgan fingerprint density at radius 2 is 1.46 bits per heavy atom. The fraction of sp³-hybridized carbons (Fsp3) is 0.276. The number of benzene rings is 3. The first-order valence-corrected chi connectivity index (χ1v) is 12.9. The van der Waals surface area contributed by atoms with E-state index < -0.39 is 0 Å². The lowest BCUT2D eigenvalue weighted by atomic mass is 9.97. The maximum Gasteiger partial charge on any atom is 0.195 e. The molecule has 0 radical (unpaired) electrons. The van der Waals surface area contributed by atoms with Crippen molar-refractivity contribution in [1.82, 2.24) is 0 Å². The maximum absolute atomic E-state index is 13.7. The molecule has 5 rings (SSSR count). The SMILES string of the molecule is O=C(c1ccc(OC2CCCCCCC2)cc1)c1c(-c2ccc(O)cc2)sc2cc(O)cc(O)c12. The van der Waals surface area contributed by atoms with Gasteiger partial charge in [0.1, 0.15) is 23.0 Å². The second kappa shape index (κ2) is 10.0. The largest absolute Gasteiger partial charge is 0.508 e. The number of carbonyl (C=O) groups is 1. The van der Waals surface area contributed by atoms with Crippen molar-refractivity contribution in [3.8, 4) is 33.4 Å². The summed E-state index contributed by atoms with van der Waals surface area (Å²) in [6, 6.07) is 16.6. The number of rotatable bonds is 5. The van der Waals surface area contributed by atoms with Gasteiger partial charge in [-0.05, 0) is 85.8 Å². The molecule has 6 heteroatoms. The molecule has 1 heterocycles. The molecule has 1 saturated carbocycles. The van der Waals surface area contributed by atoms with Gasteiger partial charge in [0.25, 0.3) is 0 Å². The summed E-state index contributed by atoms with van der Waals surface area (Å²) in [5.74, 6) is 0.451.